The molecule has 2 heterocycles. The number of rotatable bonds is 3. The Kier molecular flexibility index (Phi) is 3.80. The van der Waals surface area contributed by atoms with Crippen LogP contribution in [0, 0.1) is 6.92 Å². The van der Waals surface area contributed by atoms with Gasteiger partial charge in [-0.25, -0.2) is 4.98 Å². The van der Waals surface area contributed by atoms with Crippen LogP contribution in [0.25, 0.3) is 21.8 Å². The second-order valence-corrected chi connectivity index (χ2v) is 6.17. The number of ether oxygens (including phenoxy) is 1. The summed E-state index contributed by atoms with van der Waals surface area (Å²) in [5.41, 5.74) is 3.03. The summed E-state index contributed by atoms with van der Waals surface area (Å²) in [5, 5.41) is 11.4. The van der Waals surface area contributed by atoms with E-state index in [0.29, 0.717) is 23.1 Å². The highest BCUT2D eigenvalue weighted by Crippen LogP contribution is 2.28. The van der Waals surface area contributed by atoms with Crippen molar-refractivity contribution in [2.75, 3.05) is 7.11 Å². The molecule has 0 bridgehead atoms. The maximum absolute atomic E-state index is 12.4. The molecule has 2 aromatic carbocycles. The van der Waals surface area contributed by atoms with Crippen LogP contribution in [-0.4, -0.2) is 27.2 Å². The molecule has 0 aliphatic rings. The molecule has 0 amide bonds. The first-order valence-electron chi connectivity index (χ1n) is 8.20. The Morgan fingerprint density at radius 1 is 1.08 bits per heavy atom. The maximum Gasteiger partial charge on any atom is 0.258 e. The minimum absolute atomic E-state index is 0.0524. The van der Waals surface area contributed by atoms with Gasteiger partial charge in [-0.05, 0) is 30.7 Å². The first kappa shape index (κ1) is 16.1. The molecule has 0 spiro atoms. The van der Waals surface area contributed by atoms with Gasteiger partial charge in [0.15, 0.2) is 11.5 Å². The Morgan fingerprint density at radius 2 is 1.92 bits per heavy atom. The molecular weight excluding hydrogens is 330 g/mol. The number of pyridine rings is 1. The quantitative estimate of drug-likeness (QED) is 0.594. The Morgan fingerprint density at radius 3 is 2.73 bits per heavy atom. The molecule has 4 rings (SSSR count). The smallest absolute Gasteiger partial charge is 0.258 e. The van der Waals surface area contributed by atoms with Crippen LogP contribution in [0.1, 0.15) is 17.1 Å². The fourth-order valence-electron chi connectivity index (χ4n) is 3.07. The lowest BCUT2D eigenvalue weighted by molar-refractivity contribution is 0.374. The van der Waals surface area contributed by atoms with E-state index in [1.54, 1.807) is 0 Å². The fraction of sp³-hybridized carbons (Fsp3) is 0.150. The van der Waals surface area contributed by atoms with E-state index in [4.69, 9.17) is 4.74 Å². The van der Waals surface area contributed by atoms with Crippen molar-refractivity contribution < 1.29 is 9.84 Å². The molecule has 26 heavy (non-hydrogen) atoms. The molecule has 0 fully saturated rings. The van der Waals surface area contributed by atoms with Crippen molar-refractivity contribution in [2.45, 2.75) is 13.3 Å². The fourth-order valence-corrected chi connectivity index (χ4v) is 3.07. The number of methoxy groups -OCH3 is 1. The highest BCUT2D eigenvalue weighted by atomic mass is 16.5. The van der Waals surface area contributed by atoms with E-state index in [0.717, 1.165) is 16.6 Å². The molecule has 0 unspecified atom stereocenters. The Balaban J connectivity index is 1.76. The topological polar surface area (TPSA) is 88.1 Å². The summed E-state index contributed by atoms with van der Waals surface area (Å²) in [6, 6.07) is 12.9. The normalized spacial score (nSPS) is 11.2. The van der Waals surface area contributed by atoms with Gasteiger partial charge in [-0.15, -0.1) is 0 Å². The van der Waals surface area contributed by atoms with Gasteiger partial charge in [0, 0.05) is 23.6 Å². The number of nitrogens with zero attached hydrogens (tertiary/aromatic N) is 2. The average Bonchev–Trinajstić information content (AvgIpc) is 2.61. The molecule has 0 aliphatic carbocycles. The van der Waals surface area contributed by atoms with E-state index < -0.39 is 0 Å². The number of H-pyrrole nitrogens is 1. The molecule has 6 heteroatoms. The zero-order chi connectivity index (χ0) is 18.3. The number of nitrogens with one attached hydrogen (secondary N) is 1. The summed E-state index contributed by atoms with van der Waals surface area (Å²) in [4.78, 5) is 24.3. The van der Waals surface area contributed by atoms with Crippen LogP contribution in [0.15, 0.2) is 47.3 Å². The van der Waals surface area contributed by atoms with Crippen LogP contribution >= 0.6 is 0 Å². The number of fused-ring (bicyclic) bond motifs is 2. The van der Waals surface area contributed by atoms with Crippen LogP contribution in [0.4, 0.5) is 0 Å². The lowest BCUT2D eigenvalue weighted by Gasteiger charge is -2.07. The van der Waals surface area contributed by atoms with E-state index in [-0.39, 0.29) is 17.1 Å². The molecule has 0 saturated carbocycles. The van der Waals surface area contributed by atoms with Crippen molar-refractivity contribution in [2.24, 2.45) is 0 Å². The first-order valence-corrected chi connectivity index (χ1v) is 8.20. The standard InChI is InChI=1S/C20H17N3O3/c1-11-4-3-5-15-13(11)7-6-12(21-15)8-19-22-16-10-17(24)18(26-2)9-14(16)20(25)23-19/h3-7,9-10,24H,8H2,1-2H3,(H,22,23,25). The molecule has 0 atom stereocenters. The number of phenols is 1. The molecule has 130 valence electrons. The number of hydrogen-bond donors (Lipinski definition) is 2. The maximum atomic E-state index is 12.4. The van der Waals surface area contributed by atoms with E-state index in [1.807, 2.05) is 37.3 Å². The van der Waals surface area contributed by atoms with Gasteiger partial charge >= 0.3 is 0 Å². The number of aryl methyl sites for hydroxylation is 1. The molecular formula is C20H17N3O3. The third kappa shape index (κ3) is 2.75. The Labute approximate surface area is 149 Å². The molecule has 2 aromatic heterocycles. The van der Waals surface area contributed by atoms with E-state index in [2.05, 4.69) is 15.0 Å². The predicted octanol–water partition coefficient (Wildman–Crippen LogP) is 3.08. The second kappa shape index (κ2) is 6.15. The van der Waals surface area contributed by atoms with Gasteiger partial charge in [0.2, 0.25) is 0 Å². The lowest BCUT2D eigenvalue weighted by atomic mass is 10.1. The van der Waals surface area contributed by atoms with Gasteiger partial charge in [0.1, 0.15) is 5.82 Å². The zero-order valence-corrected chi connectivity index (χ0v) is 14.4. The molecule has 0 aliphatic heterocycles. The molecule has 2 N–H and O–H groups in total. The lowest BCUT2D eigenvalue weighted by Crippen LogP contribution is -2.12. The molecule has 0 radical (unpaired) electrons. The van der Waals surface area contributed by atoms with E-state index in [1.165, 1.54) is 24.8 Å². The van der Waals surface area contributed by atoms with Crippen LogP contribution in [-0.2, 0) is 6.42 Å². The highest BCUT2D eigenvalue weighted by Gasteiger charge is 2.11. The van der Waals surface area contributed by atoms with E-state index >= 15 is 0 Å². The van der Waals surface area contributed by atoms with Crippen molar-refractivity contribution in [3.63, 3.8) is 0 Å². The van der Waals surface area contributed by atoms with Crippen molar-refractivity contribution in [1.29, 1.82) is 0 Å². The monoisotopic (exact) mass is 347 g/mol. The van der Waals surface area contributed by atoms with Crippen molar-refractivity contribution in [3.05, 3.63) is 69.9 Å². The summed E-state index contributed by atoms with van der Waals surface area (Å²) in [5.74, 6) is 0.680. The summed E-state index contributed by atoms with van der Waals surface area (Å²) in [6.45, 7) is 2.05. The van der Waals surface area contributed by atoms with Crippen LogP contribution in [0.5, 0.6) is 11.5 Å². The highest BCUT2D eigenvalue weighted by molar-refractivity contribution is 5.82. The van der Waals surface area contributed by atoms with Gasteiger partial charge in [-0.2, -0.15) is 0 Å². The first-order chi connectivity index (χ1) is 12.5. The third-order valence-corrected chi connectivity index (χ3v) is 4.41. The van der Waals surface area contributed by atoms with Gasteiger partial charge in [-0.3, -0.25) is 9.78 Å². The van der Waals surface area contributed by atoms with Gasteiger partial charge in [0.25, 0.3) is 5.56 Å². The number of phenolic OH excluding ortho intramolecular Hbond substituents is 1. The van der Waals surface area contributed by atoms with Gasteiger partial charge in [0.05, 0.1) is 23.5 Å². The van der Waals surface area contributed by atoms with Crippen molar-refractivity contribution >= 4 is 21.8 Å². The molecule has 0 saturated heterocycles. The largest absolute Gasteiger partial charge is 0.504 e. The average molecular weight is 347 g/mol. The minimum Gasteiger partial charge on any atom is -0.504 e. The van der Waals surface area contributed by atoms with Gasteiger partial charge < -0.3 is 14.8 Å². The van der Waals surface area contributed by atoms with E-state index in [9.17, 15) is 9.90 Å². The van der Waals surface area contributed by atoms with Gasteiger partial charge in [-0.1, -0.05) is 18.2 Å². The number of aromatic amines is 1. The Bertz CT molecular complexity index is 1200. The van der Waals surface area contributed by atoms with Crippen molar-refractivity contribution in [1.82, 2.24) is 15.0 Å². The number of aromatic hydroxyl groups is 1. The third-order valence-electron chi connectivity index (χ3n) is 4.41. The van der Waals surface area contributed by atoms with Crippen LogP contribution in [0.3, 0.4) is 0 Å². The summed E-state index contributed by atoms with van der Waals surface area (Å²) >= 11 is 0. The second-order valence-electron chi connectivity index (χ2n) is 6.17. The number of benzene rings is 2. The SMILES string of the molecule is COc1cc2c(=O)[nH]c(Cc3ccc4c(C)cccc4n3)nc2cc1O. The summed E-state index contributed by atoms with van der Waals surface area (Å²) in [7, 11) is 1.43. The minimum atomic E-state index is -0.278. The molecule has 6 nitrogen and oxygen atoms in total. The summed E-state index contributed by atoms with van der Waals surface area (Å²) in [6.07, 6.45) is 0.391. The van der Waals surface area contributed by atoms with Crippen LogP contribution in [0.2, 0.25) is 0 Å². The Hall–Kier alpha value is -3.41. The predicted molar refractivity (Wildman–Crippen MR) is 99.9 cm³/mol. The number of aromatic nitrogens is 3. The van der Waals surface area contributed by atoms with Crippen molar-refractivity contribution in [3.8, 4) is 11.5 Å². The molecule has 4 aromatic rings. The zero-order valence-electron chi connectivity index (χ0n) is 14.4. The van der Waals surface area contributed by atoms with Crippen LogP contribution < -0.4 is 10.3 Å². The number of hydrogen-bond acceptors (Lipinski definition) is 5. The summed E-state index contributed by atoms with van der Waals surface area (Å²) < 4.78 is 5.04.